The van der Waals surface area contributed by atoms with Crippen LogP contribution in [0.15, 0.2) is 17.3 Å². The molecule has 2 rings (SSSR count). The van der Waals surface area contributed by atoms with E-state index in [1.165, 1.54) is 0 Å². The van der Waals surface area contributed by atoms with E-state index in [-0.39, 0.29) is 65.0 Å². The van der Waals surface area contributed by atoms with Crippen LogP contribution in [-0.4, -0.2) is 70.2 Å². The first-order chi connectivity index (χ1) is 11.8. The summed E-state index contributed by atoms with van der Waals surface area (Å²) in [4.78, 5) is 61.7. The van der Waals surface area contributed by atoms with E-state index in [1.807, 2.05) is 0 Å². The van der Waals surface area contributed by atoms with Gasteiger partial charge in [0.2, 0.25) is 0 Å². The van der Waals surface area contributed by atoms with Gasteiger partial charge in [0.1, 0.15) is 0 Å². The van der Waals surface area contributed by atoms with Gasteiger partial charge in [-0.25, -0.2) is 0 Å². The van der Waals surface area contributed by atoms with E-state index < -0.39 is 41.7 Å². The predicted octanol–water partition coefficient (Wildman–Crippen LogP) is -0.219. The number of rotatable bonds is 8. The van der Waals surface area contributed by atoms with Crippen molar-refractivity contribution < 1.29 is 60.1 Å². The number of hydrogen-bond donors (Lipinski definition) is 3. The molecule has 158 valence electrons. The van der Waals surface area contributed by atoms with Crippen molar-refractivity contribution >= 4 is 35.4 Å². The Morgan fingerprint density at radius 1 is 1.11 bits per heavy atom. The molecular formula is C14H19N5O8Pt. The first-order valence-electron chi connectivity index (χ1n) is 7.21. The quantitative estimate of drug-likeness (QED) is 0.197. The SMILES string of the molecule is O=C(CON=C1CC(C(=O)O)(C(=O)O)C1)NCCN1C(=O)C=CC1=O.[NH2-].[NH2-].[Pt+2]. The summed E-state index contributed by atoms with van der Waals surface area (Å²) in [6.45, 7) is -0.402. The van der Waals surface area contributed by atoms with E-state index in [0.29, 0.717) is 0 Å². The van der Waals surface area contributed by atoms with Crippen molar-refractivity contribution in [1.82, 2.24) is 10.2 Å². The third-order valence-electron chi connectivity index (χ3n) is 3.78. The number of amides is 3. The van der Waals surface area contributed by atoms with E-state index in [1.54, 1.807) is 0 Å². The predicted molar refractivity (Wildman–Crippen MR) is 89.8 cm³/mol. The Bertz CT molecular complexity index is 666. The number of carboxylic acid groups (broad SMARTS) is 2. The summed E-state index contributed by atoms with van der Waals surface area (Å²) in [5.74, 6) is -4.35. The van der Waals surface area contributed by atoms with Crippen molar-refractivity contribution in [2.24, 2.45) is 10.6 Å². The van der Waals surface area contributed by atoms with Gasteiger partial charge in [-0.15, -0.1) is 0 Å². The number of nitrogens with zero attached hydrogens (tertiary/aromatic N) is 2. The average Bonchev–Trinajstić information content (AvgIpc) is 2.80. The van der Waals surface area contributed by atoms with E-state index in [4.69, 9.17) is 15.1 Å². The van der Waals surface area contributed by atoms with Crippen LogP contribution in [0.5, 0.6) is 0 Å². The Balaban J connectivity index is 0. The number of aliphatic carboxylic acids is 2. The molecule has 1 heterocycles. The maximum absolute atomic E-state index is 11.5. The fourth-order valence-corrected chi connectivity index (χ4v) is 2.30. The Labute approximate surface area is 173 Å². The monoisotopic (exact) mass is 580 g/mol. The van der Waals surface area contributed by atoms with Crippen molar-refractivity contribution in [3.05, 3.63) is 24.5 Å². The number of nitrogens with one attached hydrogen (secondary N) is 1. The first kappa shape index (κ1) is 27.6. The molecule has 0 radical (unpaired) electrons. The molecule has 0 saturated heterocycles. The minimum atomic E-state index is -1.88. The summed E-state index contributed by atoms with van der Waals surface area (Å²) in [7, 11) is 0. The second-order valence-corrected chi connectivity index (χ2v) is 5.49. The zero-order valence-corrected chi connectivity index (χ0v) is 16.7. The largest absolute Gasteiger partial charge is 2.00 e. The van der Waals surface area contributed by atoms with Gasteiger partial charge in [-0.1, -0.05) is 5.16 Å². The Kier molecular flexibility index (Phi) is 11.1. The number of oxime groups is 1. The maximum atomic E-state index is 11.5. The van der Waals surface area contributed by atoms with Gasteiger partial charge in [-0.2, -0.15) is 0 Å². The van der Waals surface area contributed by atoms with Gasteiger partial charge in [0.15, 0.2) is 12.0 Å². The van der Waals surface area contributed by atoms with Gasteiger partial charge in [0, 0.05) is 38.1 Å². The van der Waals surface area contributed by atoms with Crippen LogP contribution >= 0.6 is 0 Å². The van der Waals surface area contributed by atoms with Crippen molar-refractivity contribution in [2.75, 3.05) is 19.7 Å². The fraction of sp³-hybridized carbons (Fsp3) is 0.429. The number of carbonyl (C=O) groups excluding carboxylic acids is 3. The molecule has 0 aromatic rings. The van der Waals surface area contributed by atoms with Gasteiger partial charge in [-0.05, 0) is 0 Å². The van der Waals surface area contributed by atoms with E-state index >= 15 is 0 Å². The molecule has 1 fully saturated rings. The molecule has 7 N–H and O–H groups in total. The van der Waals surface area contributed by atoms with E-state index in [9.17, 15) is 24.0 Å². The minimum absolute atomic E-state index is 0. The number of nitrogens with two attached hydrogens (primary N) is 2. The van der Waals surface area contributed by atoms with Crippen LogP contribution in [0.1, 0.15) is 12.8 Å². The molecular weight excluding hydrogens is 561 g/mol. The van der Waals surface area contributed by atoms with Crippen molar-refractivity contribution in [3.63, 3.8) is 0 Å². The summed E-state index contributed by atoms with van der Waals surface area (Å²) < 4.78 is 0. The van der Waals surface area contributed by atoms with Gasteiger partial charge in [0.25, 0.3) is 17.7 Å². The maximum Gasteiger partial charge on any atom is 2.00 e. The summed E-state index contributed by atoms with van der Waals surface area (Å²) in [6, 6.07) is 0. The molecule has 1 saturated carbocycles. The van der Waals surface area contributed by atoms with Crippen LogP contribution in [0.25, 0.3) is 12.3 Å². The molecule has 1 aliphatic heterocycles. The second kappa shape index (κ2) is 11.3. The molecule has 1 aliphatic carbocycles. The molecule has 0 aromatic heterocycles. The van der Waals surface area contributed by atoms with Crippen LogP contribution in [0.4, 0.5) is 0 Å². The molecule has 0 aromatic carbocycles. The molecule has 0 unspecified atom stereocenters. The molecule has 28 heavy (non-hydrogen) atoms. The second-order valence-electron chi connectivity index (χ2n) is 5.49. The third-order valence-corrected chi connectivity index (χ3v) is 3.78. The van der Waals surface area contributed by atoms with Crippen molar-refractivity contribution in [2.45, 2.75) is 12.8 Å². The van der Waals surface area contributed by atoms with E-state index in [2.05, 4.69) is 10.5 Å². The summed E-state index contributed by atoms with van der Waals surface area (Å²) >= 11 is 0. The number of imide groups is 1. The topological polar surface area (TPSA) is 230 Å². The Morgan fingerprint density at radius 3 is 2.07 bits per heavy atom. The van der Waals surface area contributed by atoms with Crippen LogP contribution in [0.3, 0.4) is 0 Å². The van der Waals surface area contributed by atoms with Crippen molar-refractivity contribution in [3.8, 4) is 0 Å². The summed E-state index contributed by atoms with van der Waals surface area (Å²) in [5.41, 5.74) is -1.65. The average molecular weight is 580 g/mol. The molecule has 0 bridgehead atoms. The Hall–Kier alpha value is -2.63. The standard InChI is InChI=1S/C14H15N3O8.2H2N.Pt/c18-9(15-3-4-17-10(19)1-2-11(17)20)7-25-16-8-5-14(6-8,12(21)22)13(23)24;;;/h1-2H,3-7H2,(H,15,18)(H,21,22)(H,23,24);2*1H2;/q;2*-1;+2. The summed E-state index contributed by atoms with van der Waals surface area (Å²) in [5, 5.41) is 23.8. The van der Waals surface area contributed by atoms with E-state index in [0.717, 1.165) is 17.1 Å². The molecule has 13 nitrogen and oxygen atoms in total. The first-order valence-corrected chi connectivity index (χ1v) is 7.21. The smallest absolute Gasteiger partial charge is 0.693 e. The molecule has 0 spiro atoms. The van der Waals surface area contributed by atoms with Gasteiger partial charge >= 0.3 is 33.0 Å². The summed E-state index contributed by atoms with van der Waals surface area (Å²) in [6.07, 6.45) is 1.70. The zero-order valence-electron chi connectivity index (χ0n) is 14.4. The molecule has 3 amide bonds. The third kappa shape index (κ3) is 5.94. The van der Waals surface area contributed by atoms with Gasteiger partial charge in [-0.3, -0.25) is 28.9 Å². The zero-order chi connectivity index (χ0) is 18.6. The van der Waals surface area contributed by atoms with Gasteiger partial charge in [0.05, 0.1) is 5.71 Å². The van der Waals surface area contributed by atoms with Crippen molar-refractivity contribution in [1.29, 1.82) is 0 Å². The number of carboxylic acids is 2. The Morgan fingerprint density at radius 2 is 1.61 bits per heavy atom. The van der Waals surface area contributed by atoms with Crippen LogP contribution in [-0.2, 0) is 49.9 Å². The van der Waals surface area contributed by atoms with Crippen LogP contribution in [0.2, 0.25) is 0 Å². The minimum Gasteiger partial charge on any atom is -0.693 e. The molecule has 14 heteroatoms. The van der Waals surface area contributed by atoms with Crippen LogP contribution in [0, 0.1) is 5.41 Å². The normalized spacial score (nSPS) is 16.0. The fourth-order valence-electron chi connectivity index (χ4n) is 2.30. The molecule has 0 atom stereocenters. The van der Waals surface area contributed by atoms with Gasteiger partial charge < -0.3 is 32.7 Å². The molecule has 2 aliphatic rings. The number of hydrogen-bond acceptors (Lipinski definition) is 7. The number of carbonyl (C=O) groups is 5. The van der Waals surface area contributed by atoms with Crippen LogP contribution < -0.4 is 5.32 Å².